The van der Waals surface area contributed by atoms with Crippen molar-refractivity contribution in [2.24, 2.45) is 0 Å². The van der Waals surface area contributed by atoms with E-state index < -0.39 is 23.2 Å². The number of halogens is 1. The maximum Gasteiger partial charge on any atom is 0.318 e. The largest absolute Gasteiger partial charge is 0.462 e. The lowest BCUT2D eigenvalue weighted by atomic mass is 9.69. The molecule has 1 aliphatic carbocycles. The Kier molecular flexibility index (Phi) is 7.35. The number of nitrogens with zero attached hydrogens (tertiary/aromatic N) is 7. The highest BCUT2D eigenvalue weighted by Crippen LogP contribution is 2.49. The third-order valence-corrected chi connectivity index (χ3v) is 9.49. The second-order valence-electron chi connectivity index (χ2n) is 11.8. The average molecular weight is 574 g/mol. The van der Waals surface area contributed by atoms with Crippen molar-refractivity contribution in [3.05, 3.63) is 53.5 Å². The highest BCUT2D eigenvalue weighted by Gasteiger charge is 2.52. The third kappa shape index (κ3) is 4.67. The topological polar surface area (TPSA) is 106 Å². The van der Waals surface area contributed by atoms with Gasteiger partial charge in [0.2, 0.25) is 5.91 Å². The summed E-state index contributed by atoms with van der Waals surface area (Å²) >= 11 is 0. The lowest BCUT2D eigenvalue weighted by Crippen LogP contribution is -2.56. The number of para-hydroxylation sites is 1. The number of hydrogen-bond acceptors (Lipinski definition) is 8. The van der Waals surface area contributed by atoms with E-state index in [1.807, 2.05) is 31.3 Å². The van der Waals surface area contributed by atoms with E-state index in [4.69, 9.17) is 14.7 Å². The van der Waals surface area contributed by atoms with Crippen LogP contribution in [0.5, 0.6) is 6.01 Å². The van der Waals surface area contributed by atoms with Gasteiger partial charge in [-0.15, -0.1) is 0 Å². The Hall–Kier alpha value is -4.04. The fraction of sp³-hybridized carbons (Fsp3) is 0.516. The van der Waals surface area contributed by atoms with Crippen molar-refractivity contribution in [1.29, 1.82) is 5.26 Å². The molecule has 11 heteroatoms. The molecular weight excluding hydrogens is 537 g/mol. The highest BCUT2D eigenvalue weighted by atomic mass is 19.1. The maximum atomic E-state index is 13.8. The quantitative estimate of drug-likeness (QED) is 0.486. The van der Waals surface area contributed by atoms with Crippen LogP contribution in [0.3, 0.4) is 0 Å². The first-order chi connectivity index (χ1) is 20.2. The third-order valence-electron chi connectivity index (χ3n) is 9.49. The zero-order valence-electron chi connectivity index (χ0n) is 24.2. The number of anilines is 2. The molecule has 0 radical (unpaired) electrons. The number of nitriles is 1. The summed E-state index contributed by atoms with van der Waals surface area (Å²) in [4.78, 5) is 43.5. The zero-order chi connectivity index (χ0) is 29.6. The van der Waals surface area contributed by atoms with E-state index in [0.717, 1.165) is 41.9 Å². The zero-order valence-corrected chi connectivity index (χ0v) is 24.2. The molecule has 220 valence electrons. The summed E-state index contributed by atoms with van der Waals surface area (Å²) in [5.41, 5.74) is 2.98. The summed E-state index contributed by atoms with van der Waals surface area (Å²) in [6.45, 7) is 5.61. The van der Waals surface area contributed by atoms with Crippen LogP contribution in [0.15, 0.2) is 36.7 Å². The van der Waals surface area contributed by atoms with Crippen LogP contribution < -0.4 is 14.5 Å². The van der Waals surface area contributed by atoms with Crippen molar-refractivity contribution in [2.75, 3.05) is 56.7 Å². The van der Waals surface area contributed by atoms with Crippen molar-refractivity contribution in [2.45, 2.75) is 56.0 Å². The molecule has 2 saturated heterocycles. The Bertz CT molecular complexity index is 1470. The molecule has 6 rings (SSSR count). The van der Waals surface area contributed by atoms with Gasteiger partial charge in [0.15, 0.2) is 5.83 Å². The van der Waals surface area contributed by atoms with Gasteiger partial charge < -0.3 is 24.3 Å². The van der Waals surface area contributed by atoms with Crippen LogP contribution in [0.1, 0.15) is 42.5 Å². The molecule has 3 aliphatic heterocycles. The van der Waals surface area contributed by atoms with Crippen LogP contribution in [-0.4, -0.2) is 90.5 Å². The van der Waals surface area contributed by atoms with Gasteiger partial charge in [0.05, 0.1) is 29.6 Å². The summed E-state index contributed by atoms with van der Waals surface area (Å²) in [6.07, 6.45) is 3.85. The molecule has 2 fully saturated rings. The minimum Gasteiger partial charge on any atom is -0.462 e. The van der Waals surface area contributed by atoms with Gasteiger partial charge in [-0.05, 0) is 50.9 Å². The minimum absolute atomic E-state index is 0.0564. The van der Waals surface area contributed by atoms with Gasteiger partial charge in [-0.2, -0.15) is 15.2 Å². The van der Waals surface area contributed by atoms with E-state index in [9.17, 15) is 19.2 Å². The Morgan fingerprint density at radius 3 is 2.76 bits per heavy atom. The van der Waals surface area contributed by atoms with Crippen LogP contribution in [0.25, 0.3) is 0 Å². The van der Waals surface area contributed by atoms with Crippen LogP contribution in [0.4, 0.5) is 15.9 Å². The van der Waals surface area contributed by atoms with Gasteiger partial charge in [0.1, 0.15) is 12.4 Å². The summed E-state index contributed by atoms with van der Waals surface area (Å²) < 4.78 is 20.0. The first kappa shape index (κ1) is 28.1. The molecular formula is C31H36FN7O3. The first-order valence-corrected chi connectivity index (χ1v) is 14.6. The molecule has 2 aromatic rings. The predicted octanol–water partition coefficient (Wildman–Crippen LogP) is 2.77. The van der Waals surface area contributed by atoms with E-state index in [2.05, 4.69) is 29.5 Å². The number of likely N-dealkylation sites (tertiary alicyclic amines) is 1. The van der Waals surface area contributed by atoms with Crippen LogP contribution in [0.2, 0.25) is 0 Å². The maximum absolute atomic E-state index is 13.8. The van der Waals surface area contributed by atoms with Gasteiger partial charge in [-0.25, -0.2) is 4.39 Å². The molecule has 0 N–H and O–H groups in total. The molecule has 4 heterocycles. The molecule has 4 aliphatic rings. The van der Waals surface area contributed by atoms with Crippen molar-refractivity contribution >= 4 is 23.3 Å². The number of amides is 2. The molecule has 42 heavy (non-hydrogen) atoms. The number of fused-ring (bicyclic) bond motifs is 3. The van der Waals surface area contributed by atoms with E-state index in [1.165, 1.54) is 4.90 Å². The Labute approximate surface area is 245 Å². The number of piperazine rings is 1. The number of ether oxygens (including phenoxy) is 1. The van der Waals surface area contributed by atoms with Crippen molar-refractivity contribution in [1.82, 2.24) is 19.8 Å². The molecule has 0 saturated carbocycles. The van der Waals surface area contributed by atoms with E-state index >= 15 is 0 Å². The van der Waals surface area contributed by atoms with Gasteiger partial charge in [-0.3, -0.25) is 9.59 Å². The smallest absolute Gasteiger partial charge is 0.318 e. The minimum atomic E-state index is -1.03. The molecule has 1 aromatic heterocycles. The normalized spacial score (nSPS) is 25.4. The molecule has 10 nitrogen and oxygen atoms in total. The van der Waals surface area contributed by atoms with Gasteiger partial charge in [-0.1, -0.05) is 24.8 Å². The number of hydrogen-bond donors (Lipinski definition) is 0. The molecule has 1 aromatic carbocycles. The molecule has 2 amide bonds. The standard InChI is InChI=1S/C31H36FN7O3/c1-20(32)28(40)39-16-15-38(18-21(39)11-13-33)27-23-10-12-31(24-8-4-5-9-26(24)37(3)29(31)41)17-25(23)34-30(35-27)42-19-22-7-6-14-36(22)2/h4-5,8-9,21-22H,1,6-7,10-12,14-19H2,2-3H3/t21-,22-,31?/m0/s1. The van der Waals surface area contributed by atoms with Crippen molar-refractivity contribution < 1.29 is 18.7 Å². The van der Waals surface area contributed by atoms with E-state index in [-0.39, 0.29) is 30.9 Å². The second-order valence-corrected chi connectivity index (χ2v) is 11.8. The van der Waals surface area contributed by atoms with Gasteiger partial charge in [0, 0.05) is 50.4 Å². The summed E-state index contributed by atoms with van der Waals surface area (Å²) in [6, 6.07) is 10.1. The van der Waals surface area contributed by atoms with Gasteiger partial charge >= 0.3 is 6.01 Å². The molecule has 0 bridgehead atoms. The average Bonchev–Trinajstić information content (AvgIpc) is 3.50. The van der Waals surface area contributed by atoms with Gasteiger partial charge in [0.25, 0.3) is 5.91 Å². The Balaban J connectivity index is 1.36. The fourth-order valence-electron chi connectivity index (χ4n) is 7.18. The lowest BCUT2D eigenvalue weighted by molar-refractivity contribution is -0.131. The molecule has 1 unspecified atom stereocenters. The number of carbonyl (C=O) groups excluding carboxylic acids is 2. The second kappa shape index (κ2) is 11.0. The van der Waals surface area contributed by atoms with E-state index in [1.54, 1.807) is 4.90 Å². The summed E-state index contributed by atoms with van der Waals surface area (Å²) in [5.74, 6) is -1.05. The monoisotopic (exact) mass is 573 g/mol. The predicted molar refractivity (Wildman–Crippen MR) is 155 cm³/mol. The number of likely N-dealkylation sites (N-methyl/N-ethyl adjacent to an activating group) is 2. The number of carbonyl (C=O) groups is 2. The molecule has 1 spiro atoms. The number of rotatable bonds is 6. The van der Waals surface area contributed by atoms with Crippen LogP contribution in [0, 0.1) is 11.3 Å². The molecule has 3 atom stereocenters. The highest BCUT2D eigenvalue weighted by molar-refractivity contribution is 6.08. The lowest BCUT2D eigenvalue weighted by Gasteiger charge is -2.42. The van der Waals surface area contributed by atoms with Crippen LogP contribution >= 0.6 is 0 Å². The van der Waals surface area contributed by atoms with Crippen LogP contribution in [-0.2, 0) is 27.8 Å². The number of aromatic nitrogens is 2. The number of benzene rings is 1. The Morgan fingerprint density at radius 2 is 2.02 bits per heavy atom. The first-order valence-electron chi connectivity index (χ1n) is 14.6. The SMILES string of the molecule is C=C(F)C(=O)N1CCN(c2nc(OC[C@@H]3CCCN3C)nc3c2CCC2(C3)C(=O)N(C)c3ccccc32)C[C@@H]1CC#N. The van der Waals surface area contributed by atoms with Crippen molar-refractivity contribution in [3.63, 3.8) is 0 Å². The van der Waals surface area contributed by atoms with Crippen molar-refractivity contribution in [3.8, 4) is 12.1 Å². The summed E-state index contributed by atoms with van der Waals surface area (Å²) in [7, 11) is 3.91. The van der Waals surface area contributed by atoms with E-state index in [0.29, 0.717) is 44.8 Å². The summed E-state index contributed by atoms with van der Waals surface area (Å²) in [5, 5.41) is 9.48. The fourth-order valence-corrected chi connectivity index (χ4v) is 7.18. The Morgan fingerprint density at radius 1 is 1.21 bits per heavy atom.